The summed E-state index contributed by atoms with van der Waals surface area (Å²) in [6, 6.07) is 5.04. The summed E-state index contributed by atoms with van der Waals surface area (Å²) in [7, 11) is 0. The summed E-state index contributed by atoms with van der Waals surface area (Å²) in [6.07, 6.45) is 1.69. The molecule has 1 amide bonds. The van der Waals surface area contributed by atoms with E-state index >= 15 is 0 Å². The lowest BCUT2D eigenvalue weighted by atomic mass is 9.97. The van der Waals surface area contributed by atoms with E-state index in [0.29, 0.717) is 11.9 Å². The van der Waals surface area contributed by atoms with Crippen LogP contribution in [0.15, 0.2) is 30.5 Å². The molecule has 0 spiro atoms. The lowest BCUT2D eigenvalue weighted by Gasteiger charge is -2.17. The van der Waals surface area contributed by atoms with Crippen LogP contribution in [-0.2, 0) is 11.3 Å². The Hall–Kier alpha value is -3.36. The molecule has 0 aliphatic heterocycles. The number of hydrogen-bond acceptors (Lipinski definition) is 6. The molecule has 0 bridgehead atoms. The Bertz CT molecular complexity index is 1050. The summed E-state index contributed by atoms with van der Waals surface area (Å²) in [5, 5.41) is 7.37. The van der Waals surface area contributed by atoms with Crippen LogP contribution >= 0.6 is 0 Å². The van der Waals surface area contributed by atoms with Gasteiger partial charge in [-0.15, -0.1) is 0 Å². The molecule has 3 aromatic rings. The highest BCUT2D eigenvalue weighted by Crippen LogP contribution is 2.21. The third-order valence-corrected chi connectivity index (χ3v) is 3.86. The SMILES string of the molecule is CCOC(=O)c1nc(NC(=O)c2ccc(F)cc2)nc2nn(CC(C)(C)C)cc12. The number of rotatable bonds is 5. The molecule has 2 aromatic heterocycles. The summed E-state index contributed by atoms with van der Waals surface area (Å²) < 4.78 is 19.8. The summed E-state index contributed by atoms with van der Waals surface area (Å²) in [5.74, 6) is -1.70. The van der Waals surface area contributed by atoms with Crippen LogP contribution in [0.1, 0.15) is 48.5 Å². The molecule has 0 fully saturated rings. The number of ether oxygens (including phenoxy) is 1. The van der Waals surface area contributed by atoms with Gasteiger partial charge in [0.05, 0.1) is 12.0 Å². The first-order chi connectivity index (χ1) is 13.7. The zero-order chi connectivity index (χ0) is 21.2. The fraction of sp³-hybridized carbons (Fsp3) is 0.350. The molecule has 0 unspecified atom stereocenters. The molecule has 8 nitrogen and oxygen atoms in total. The smallest absolute Gasteiger partial charge is 0.357 e. The van der Waals surface area contributed by atoms with Gasteiger partial charge in [-0.05, 0) is 36.6 Å². The number of anilines is 1. The lowest BCUT2D eigenvalue weighted by molar-refractivity contribution is 0.0521. The van der Waals surface area contributed by atoms with Gasteiger partial charge in [0, 0.05) is 18.3 Å². The normalized spacial score (nSPS) is 11.5. The fourth-order valence-electron chi connectivity index (χ4n) is 2.71. The second-order valence-corrected chi connectivity index (χ2v) is 7.70. The van der Waals surface area contributed by atoms with Gasteiger partial charge in [-0.2, -0.15) is 10.1 Å². The van der Waals surface area contributed by atoms with E-state index in [1.165, 1.54) is 24.3 Å². The summed E-state index contributed by atoms with van der Waals surface area (Å²) >= 11 is 0. The van der Waals surface area contributed by atoms with Gasteiger partial charge in [0.25, 0.3) is 5.91 Å². The van der Waals surface area contributed by atoms with E-state index in [1.54, 1.807) is 17.8 Å². The van der Waals surface area contributed by atoms with E-state index in [9.17, 15) is 14.0 Å². The quantitative estimate of drug-likeness (QED) is 0.660. The maximum absolute atomic E-state index is 13.1. The standard InChI is InChI=1S/C20H22FN5O3/c1-5-29-18(28)15-14-10-26(11-20(2,3)4)25-16(14)23-19(22-15)24-17(27)12-6-8-13(21)9-7-12/h6-10H,5,11H2,1-4H3,(H,23,24,25,27). The van der Waals surface area contributed by atoms with E-state index in [1.807, 2.05) is 0 Å². The number of nitrogens with one attached hydrogen (secondary N) is 1. The second kappa shape index (κ2) is 7.94. The lowest BCUT2D eigenvalue weighted by Crippen LogP contribution is -2.16. The van der Waals surface area contributed by atoms with Crippen LogP contribution in [0.2, 0.25) is 0 Å². The average Bonchev–Trinajstić information content (AvgIpc) is 3.01. The van der Waals surface area contributed by atoms with Crippen molar-refractivity contribution in [3.05, 3.63) is 47.5 Å². The number of carbonyl (C=O) groups is 2. The highest BCUT2D eigenvalue weighted by atomic mass is 19.1. The Labute approximate surface area is 167 Å². The molecule has 0 atom stereocenters. The molecule has 0 aliphatic rings. The molecule has 2 heterocycles. The first-order valence-electron chi connectivity index (χ1n) is 9.15. The average molecular weight is 399 g/mol. The topological polar surface area (TPSA) is 99.0 Å². The first-order valence-corrected chi connectivity index (χ1v) is 9.15. The van der Waals surface area contributed by atoms with Crippen LogP contribution in [0.4, 0.5) is 10.3 Å². The minimum atomic E-state index is -0.632. The van der Waals surface area contributed by atoms with E-state index in [2.05, 4.69) is 41.2 Å². The molecule has 9 heteroatoms. The Morgan fingerprint density at radius 2 is 1.86 bits per heavy atom. The molecule has 0 radical (unpaired) electrons. The zero-order valence-corrected chi connectivity index (χ0v) is 16.7. The molecule has 1 aromatic carbocycles. The number of aromatic nitrogens is 4. The van der Waals surface area contributed by atoms with Crippen molar-refractivity contribution >= 4 is 28.9 Å². The largest absolute Gasteiger partial charge is 0.461 e. The van der Waals surface area contributed by atoms with E-state index in [-0.39, 0.29) is 34.9 Å². The number of amides is 1. The highest BCUT2D eigenvalue weighted by molar-refractivity contribution is 6.05. The van der Waals surface area contributed by atoms with E-state index < -0.39 is 17.7 Å². The minimum absolute atomic E-state index is 0.0198. The Kier molecular flexibility index (Phi) is 5.58. The van der Waals surface area contributed by atoms with Gasteiger partial charge in [0.1, 0.15) is 5.82 Å². The van der Waals surface area contributed by atoms with Crippen LogP contribution in [0.25, 0.3) is 11.0 Å². The molecular formula is C20H22FN5O3. The van der Waals surface area contributed by atoms with Gasteiger partial charge < -0.3 is 4.74 Å². The van der Waals surface area contributed by atoms with E-state index in [4.69, 9.17) is 4.74 Å². The third-order valence-electron chi connectivity index (χ3n) is 3.86. The van der Waals surface area contributed by atoms with Gasteiger partial charge >= 0.3 is 5.97 Å². The number of hydrogen-bond donors (Lipinski definition) is 1. The van der Waals surface area contributed by atoms with Crippen LogP contribution in [0, 0.1) is 11.2 Å². The fourth-order valence-corrected chi connectivity index (χ4v) is 2.71. The molecule has 3 rings (SSSR count). The minimum Gasteiger partial charge on any atom is -0.461 e. The molecule has 0 aliphatic carbocycles. The Morgan fingerprint density at radius 3 is 2.48 bits per heavy atom. The van der Waals surface area contributed by atoms with Crippen LogP contribution in [0.3, 0.4) is 0 Å². The number of nitrogens with zero attached hydrogens (tertiary/aromatic N) is 4. The maximum Gasteiger partial charge on any atom is 0.357 e. The molecule has 1 N–H and O–H groups in total. The molecule has 29 heavy (non-hydrogen) atoms. The Morgan fingerprint density at radius 1 is 1.17 bits per heavy atom. The van der Waals surface area contributed by atoms with E-state index in [0.717, 1.165) is 0 Å². The third kappa shape index (κ3) is 4.92. The number of benzene rings is 1. The second-order valence-electron chi connectivity index (χ2n) is 7.70. The molecular weight excluding hydrogens is 377 g/mol. The van der Waals surface area contributed by atoms with Gasteiger partial charge in [0.15, 0.2) is 11.3 Å². The predicted molar refractivity (Wildman–Crippen MR) is 105 cm³/mol. The van der Waals surface area contributed by atoms with Crippen molar-refractivity contribution in [1.82, 2.24) is 19.7 Å². The number of fused-ring (bicyclic) bond motifs is 1. The molecule has 152 valence electrons. The summed E-state index contributed by atoms with van der Waals surface area (Å²) in [4.78, 5) is 33.2. The van der Waals surface area contributed by atoms with Crippen LogP contribution < -0.4 is 5.32 Å². The summed E-state index contributed by atoms with van der Waals surface area (Å²) in [6.45, 7) is 8.65. The first kappa shape index (κ1) is 20.4. The maximum atomic E-state index is 13.1. The van der Waals surface area contributed by atoms with Crippen molar-refractivity contribution in [2.75, 3.05) is 11.9 Å². The predicted octanol–water partition coefficient (Wildman–Crippen LogP) is 3.44. The molecule has 0 saturated carbocycles. The Balaban J connectivity index is 1.99. The van der Waals surface area contributed by atoms with Crippen LogP contribution in [0.5, 0.6) is 0 Å². The van der Waals surface area contributed by atoms with Gasteiger partial charge in [-0.3, -0.25) is 14.8 Å². The number of halogens is 1. The van der Waals surface area contributed by atoms with Gasteiger partial charge in [-0.25, -0.2) is 14.2 Å². The monoisotopic (exact) mass is 399 g/mol. The highest BCUT2D eigenvalue weighted by Gasteiger charge is 2.21. The van der Waals surface area contributed by atoms with Crippen molar-refractivity contribution in [3.8, 4) is 0 Å². The van der Waals surface area contributed by atoms with Gasteiger partial charge in [-0.1, -0.05) is 20.8 Å². The summed E-state index contributed by atoms with van der Waals surface area (Å²) in [5.41, 5.74) is 0.471. The van der Waals surface area contributed by atoms with Crippen molar-refractivity contribution in [2.24, 2.45) is 5.41 Å². The number of esters is 1. The number of carbonyl (C=O) groups excluding carboxylic acids is 2. The van der Waals surface area contributed by atoms with Crippen LogP contribution in [-0.4, -0.2) is 38.2 Å². The van der Waals surface area contributed by atoms with Crippen molar-refractivity contribution in [1.29, 1.82) is 0 Å². The van der Waals surface area contributed by atoms with Crippen molar-refractivity contribution in [2.45, 2.75) is 34.2 Å². The van der Waals surface area contributed by atoms with Crippen molar-refractivity contribution in [3.63, 3.8) is 0 Å². The molecule has 0 saturated heterocycles. The van der Waals surface area contributed by atoms with Crippen molar-refractivity contribution < 1.29 is 18.7 Å². The zero-order valence-electron chi connectivity index (χ0n) is 16.7. The van der Waals surface area contributed by atoms with Gasteiger partial charge in [0.2, 0.25) is 5.95 Å².